The van der Waals surface area contributed by atoms with Gasteiger partial charge >= 0.3 is 0 Å². The van der Waals surface area contributed by atoms with Crippen molar-refractivity contribution in [3.05, 3.63) is 0 Å². The van der Waals surface area contributed by atoms with Gasteiger partial charge in [-0.2, -0.15) is 0 Å². The van der Waals surface area contributed by atoms with E-state index in [0.29, 0.717) is 31.6 Å². The van der Waals surface area contributed by atoms with Gasteiger partial charge in [-0.25, -0.2) is 0 Å². The predicted molar refractivity (Wildman–Crippen MR) is 69.6 cm³/mol. The Labute approximate surface area is 110 Å². The molecule has 104 valence electrons. The van der Waals surface area contributed by atoms with Crippen LogP contribution in [0.15, 0.2) is 0 Å². The van der Waals surface area contributed by atoms with Crippen molar-refractivity contribution >= 4 is 5.78 Å². The van der Waals surface area contributed by atoms with Crippen LogP contribution in [0.5, 0.6) is 0 Å². The van der Waals surface area contributed by atoms with Gasteiger partial charge in [0.1, 0.15) is 0 Å². The van der Waals surface area contributed by atoms with Crippen LogP contribution in [0.4, 0.5) is 0 Å². The van der Waals surface area contributed by atoms with Crippen LogP contribution in [-0.2, 0) is 14.3 Å². The highest BCUT2D eigenvalue weighted by Crippen LogP contribution is 2.35. The molecule has 2 fully saturated rings. The summed E-state index contributed by atoms with van der Waals surface area (Å²) in [6, 6.07) is 0.506. The van der Waals surface area contributed by atoms with Crippen molar-refractivity contribution in [2.24, 2.45) is 11.8 Å². The first-order valence-electron chi connectivity index (χ1n) is 7.05. The molecular formula is C14H25NO3. The van der Waals surface area contributed by atoms with E-state index < -0.39 is 0 Å². The minimum atomic E-state index is 0.126. The average Bonchev–Trinajstić information content (AvgIpc) is 3.08. The van der Waals surface area contributed by atoms with E-state index in [-0.39, 0.29) is 5.92 Å². The predicted octanol–water partition coefficient (Wildman–Crippen LogP) is 1.34. The average molecular weight is 255 g/mol. The molecule has 18 heavy (non-hydrogen) atoms. The zero-order valence-electron chi connectivity index (χ0n) is 11.6. The first kappa shape index (κ1) is 14.0. The highest BCUT2D eigenvalue weighted by atomic mass is 16.5. The minimum absolute atomic E-state index is 0.126. The van der Waals surface area contributed by atoms with Crippen molar-refractivity contribution in [3.63, 3.8) is 0 Å². The lowest BCUT2D eigenvalue weighted by Gasteiger charge is -2.29. The van der Waals surface area contributed by atoms with E-state index in [9.17, 15) is 4.79 Å². The van der Waals surface area contributed by atoms with Crippen molar-refractivity contribution in [1.82, 2.24) is 4.90 Å². The molecule has 2 unspecified atom stereocenters. The molecule has 0 radical (unpaired) electrons. The summed E-state index contributed by atoms with van der Waals surface area (Å²) in [5.41, 5.74) is 0. The molecule has 0 aromatic carbocycles. The topological polar surface area (TPSA) is 38.8 Å². The lowest BCUT2D eigenvalue weighted by Crippen LogP contribution is -2.42. The third-order valence-electron chi connectivity index (χ3n) is 4.21. The monoisotopic (exact) mass is 255 g/mol. The molecule has 1 aliphatic heterocycles. The lowest BCUT2D eigenvalue weighted by molar-refractivity contribution is -0.124. The summed E-state index contributed by atoms with van der Waals surface area (Å²) in [7, 11) is 1.71. The number of ketones is 1. The van der Waals surface area contributed by atoms with Crippen molar-refractivity contribution in [3.8, 4) is 0 Å². The van der Waals surface area contributed by atoms with E-state index in [1.807, 2.05) is 0 Å². The number of nitrogens with zero attached hydrogens (tertiary/aromatic N) is 1. The molecule has 4 heteroatoms. The molecule has 1 saturated heterocycles. The Kier molecular flexibility index (Phi) is 5.15. The zero-order valence-corrected chi connectivity index (χ0v) is 11.6. The van der Waals surface area contributed by atoms with Gasteiger partial charge < -0.3 is 9.47 Å². The molecular weight excluding hydrogens is 230 g/mol. The molecule has 1 aliphatic carbocycles. The van der Waals surface area contributed by atoms with Crippen LogP contribution in [0.25, 0.3) is 0 Å². The normalized spacial score (nSPS) is 25.6. The van der Waals surface area contributed by atoms with E-state index in [0.717, 1.165) is 25.5 Å². The molecule has 4 nitrogen and oxygen atoms in total. The molecule has 0 aromatic rings. The largest absolute Gasteiger partial charge is 0.383 e. The Hall–Kier alpha value is -0.450. The second-order valence-corrected chi connectivity index (χ2v) is 5.57. The highest BCUT2D eigenvalue weighted by molar-refractivity contribution is 5.83. The quantitative estimate of drug-likeness (QED) is 0.656. The van der Waals surface area contributed by atoms with Gasteiger partial charge in [-0.1, -0.05) is 0 Å². The second-order valence-electron chi connectivity index (χ2n) is 5.57. The van der Waals surface area contributed by atoms with E-state index >= 15 is 0 Å². The molecule has 1 heterocycles. The number of carbonyl (C=O) groups is 1. The number of hydrogen-bond acceptors (Lipinski definition) is 4. The zero-order chi connectivity index (χ0) is 13.0. The number of rotatable bonds is 8. The molecule has 0 amide bonds. The van der Waals surface area contributed by atoms with E-state index in [1.165, 1.54) is 12.8 Å². The van der Waals surface area contributed by atoms with Gasteiger partial charge in [-0.3, -0.25) is 9.69 Å². The molecule has 2 atom stereocenters. The fourth-order valence-electron chi connectivity index (χ4n) is 2.63. The number of methoxy groups -OCH3 is 1. The van der Waals surface area contributed by atoms with Crippen LogP contribution in [0.3, 0.4) is 0 Å². The number of Topliss-reactive ketones (excluding diaryl/α,β-unsaturated/α-hetero) is 1. The van der Waals surface area contributed by atoms with Gasteiger partial charge in [0.2, 0.25) is 0 Å². The lowest BCUT2D eigenvalue weighted by atomic mass is 10.0. The maximum Gasteiger partial charge on any atom is 0.152 e. The van der Waals surface area contributed by atoms with E-state index in [4.69, 9.17) is 9.47 Å². The van der Waals surface area contributed by atoms with Crippen LogP contribution >= 0.6 is 0 Å². The summed E-state index contributed by atoms with van der Waals surface area (Å²) in [5, 5.41) is 0. The Morgan fingerprint density at radius 2 is 2.22 bits per heavy atom. The van der Waals surface area contributed by atoms with Crippen molar-refractivity contribution < 1.29 is 14.3 Å². The van der Waals surface area contributed by atoms with Gasteiger partial charge in [-0.05, 0) is 32.1 Å². The standard InChI is InChI=1S/C14H25NO3/c1-11(12-3-4-12)15(6-8-17-2)9-14(16)13-5-7-18-10-13/h11-13H,3-10H2,1-2H3. The van der Waals surface area contributed by atoms with Gasteiger partial charge in [0.25, 0.3) is 0 Å². The van der Waals surface area contributed by atoms with Crippen LogP contribution in [0.2, 0.25) is 0 Å². The molecule has 0 bridgehead atoms. The molecule has 2 rings (SSSR count). The summed E-state index contributed by atoms with van der Waals surface area (Å²) >= 11 is 0. The fourth-order valence-corrected chi connectivity index (χ4v) is 2.63. The maximum atomic E-state index is 12.2. The summed E-state index contributed by atoms with van der Waals surface area (Å²) < 4.78 is 10.4. The Balaban J connectivity index is 1.84. The Morgan fingerprint density at radius 3 is 2.78 bits per heavy atom. The summed E-state index contributed by atoms with van der Waals surface area (Å²) in [6.45, 7) is 5.72. The highest BCUT2D eigenvalue weighted by Gasteiger charge is 2.34. The smallest absolute Gasteiger partial charge is 0.152 e. The summed E-state index contributed by atoms with van der Waals surface area (Å²) in [6.07, 6.45) is 3.52. The van der Waals surface area contributed by atoms with Crippen LogP contribution < -0.4 is 0 Å². The number of hydrogen-bond donors (Lipinski definition) is 0. The van der Waals surface area contributed by atoms with Crippen molar-refractivity contribution in [1.29, 1.82) is 0 Å². The maximum absolute atomic E-state index is 12.2. The molecule has 0 aromatic heterocycles. The number of carbonyl (C=O) groups excluding carboxylic acids is 1. The van der Waals surface area contributed by atoms with Gasteiger partial charge in [0.05, 0.1) is 19.8 Å². The van der Waals surface area contributed by atoms with Crippen molar-refractivity contribution in [2.45, 2.75) is 32.2 Å². The first-order chi connectivity index (χ1) is 8.72. The van der Waals surface area contributed by atoms with Crippen LogP contribution in [-0.4, -0.2) is 56.7 Å². The SMILES string of the molecule is COCCN(CC(=O)C1CCOC1)C(C)C1CC1. The second kappa shape index (κ2) is 6.64. The Morgan fingerprint density at radius 1 is 1.44 bits per heavy atom. The first-order valence-corrected chi connectivity index (χ1v) is 7.05. The summed E-state index contributed by atoms with van der Waals surface area (Å²) in [5.74, 6) is 1.26. The minimum Gasteiger partial charge on any atom is -0.383 e. The molecule has 0 N–H and O–H groups in total. The Bertz CT molecular complexity index is 272. The van der Waals surface area contributed by atoms with Crippen molar-refractivity contribution in [2.75, 3.05) is 40.0 Å². The number of ether oxygens (including phenoxy) is 2. The van der Waals surface area contributed by atoms with Crippen LogP contribution in [0, 0.1) is 11.8 Å². The van der Waals surface area contributed by atoms with Gasteiger partial charge in [-0.15, -0.1) is 0 Å². The molecule has 2 aliphatic rings. The third kappa shape index (κ3) is 3.77. The van der Waals surface area contributed by atoms with E-state index in [1.54, 1.807) is 7.11 Å². The fraction of sp³-hybridized carbons (Fsp3) is 0.929. The van der Waals surface area contributed by atoms with Crippen LogP contribution in [0.1, 0.15) is 26.2 Å². The van der Waals surface area contributed by atoms with E-state index in [2.05, 4.69) is 11.8 Å². The van der Waals surface area contributed by atoms with Gasteiger partial charge in [0, 0.05) is 32.2 Å². The molecule has 0 spiro atoms. The summed E-state index contributed by atoms with van der Waals surface area (Å²) in [4.78, 5) is 14.5. The van der Waals surface area contributed by atoms with Gasteiger partial charge in [0.15, 0.2) is 5.78 Å². The molecule has 1 saturated carbocycles. The third-order valence-corrected chi connectivity index (χ3v) is 4.21.